The average Bonchev–Trinajstić information content (AvgIpc) is 3.13. The maximum Gasteiger partial charge on any atom is 0.323 e. The highest BCUT2D eigenvalue weighted by Crippen LogP contribution is 2.31. The maximum absolute atomic E-state index is 12.3. The van der Waals surface area contributed by atoms with Gasteiger partial charge in [-0.25, -0.2) is 4.79 Å². The van der Waals surface area contributed by atoms with E-state index in [-0.39, 0.29) is 6.03 Å². The lowest BCUT2D eigenvalue weighted by Crippen LogP contribution is -2.20. The van der Waals surface area contributed by atoms with Crippen molar-refractivity contribution in [3.05, 3.63) is 47.0 Å². The first kappa shape index (κ1) is 17.4. The summed E-state index contributed by atoms with van der Waals surface area (Å²) in [5.74, 6) is 0.523. The van der Waals surface area contributed by atoms with Crippen molar-refractivity contribution in [2.24, 2.45) is 0 Å². The Hall–Kier alpha value is -2.40. The number of carbonyl (C=O) groups is 1. The molecule has 1 aliphatic heterocycles. The van der Waals surface area contributed by atoms with Gasteiger partial charge >= 0.3 is 6.03 Å². The van der Waals surface area contributed by atoms with Gasteiger partial charge in [-0.15, -0.1) is 0 Å². The third kappa shape index (κ3) is 4.17. The molecule has 1 saturated heterocycles. The Kier molecular flexibility index (Phi) is 5.34. The Morgan fingerprint density at radius 2 is 1.80 bits per heavy atom. The number of ether oxygens (including phenoxy) is 1. The molecule has 2 amide bonds. The summed E-state index contributed by atoms with van der Waals surface area (Å²) < 4.78 is 5.27. The standard InChI is InChI=1S/C19H22ClN3O2/c1-13-11-17(18(25-2)12-16(13)20)22-19(24)21-14-5-7-15(8-6-14)23-9-3-4-10-23/h5-8,11-12H,3-4,9-10H2,1-2H3,(H2,21,22,24). The van der Waals surface area contributed by atoms with E-state index >= 15 is 0 Å². The van der Waals surface area contributed by atoms with Gasteiger partial charge in [0, 0.05) is 35.6 Å². The first-order valence-corrected chi connectivity index (χ1v) is 8.72. The molecular weight excluding hydrogens is 338 g/mol. The third-order valence-electron chi connectivity index (χ3n) is 4.33. The summed E-state index contributed by atoms with van der Waals surface area (Å²) in [5, 5.41) is 6.24. The maximum atomic E-state index is 12.3. The van der Waals surface area contributed by atoms with Crippen LogP contribution in [-0.2, 0) is 0 Å². The molecule has 0 unspecified atom stereocenters. The monoisotopic (exact) mass is 359 g/mol. The van der Waals surface area contributed by atoms with E-state index in [0.717, 1.165) is 24.3 Å². The minimum atomic E-state index is -0.325. The van der Waals surface area contributed by atoms with Crippen LogP contribution in [0, 0.1) is 6.92 Å². The molecule has 0 atom stereocenters. The number of aryl methyl sites for hydroxylation is 1. The van der Waals surface area contributed by atoms with Gasteiger partial charge in [0.15, 0.2) is 0 Å². The van der Waals surface area contributed by atoms with Gasteiger partial charge in [-0.3, -0.25) is 0 Å². The Morgan fingerprint density at radius 3 is 2.44 bits per heavy atom. The zero-order valence-corrected chi connectivity index (χ0v) is 15.2. The first-order chi connectivity index (χ1) is 12.1. The van der Waals surface area contributed by atoms with Crippen LogP contribution in [0.4, 0.5) is 21.9 Å². The van der Waals surface area contributed by atoms with Crippen molar-refractivity contribution in [1.82, 2.24) is 0 Å². The fourth-order valence-corrected chi connectivity index (χ4v) is 3.10. The summed E-state index contributed by atoms with van der Waals surface area (Å²) in [5.41, 5.74) is 3.38. The molecule has 0 aliphatic carbocycles. The molecule has 0 radical (unpaired) electrons. The molecule has 1 heterocycles. The second kappa shape index (κ2) is 7.66. The van der Waals surface area contributed by atoms with Crippen molar-refractivity contribution >= 4 is 34.7 Å². The summed E-state index contributed by atoms with van der Waals surface area (Å²) in [7, 11) is 1.54. The zero-order valence-electron chi connectivity index (χ0n) is 14.4. The van der Waals surface area contributed by atoms with Gasteiger partial charge in [0.1, 0.15) is 5.75 Å². The fraction of sp³-hybridized carbons (Fsp3) is 0.316. The molecule has 0 aromatic heterocycles. The number of nitrogens with zero attached hydrogens (tertiary/aromatic N) is 1. The van der Waals surface area contributed by atoms with Crippen LogP contribution in [0.15, 0.2) is 36.4 Å². The molecule has 0 spiro atoms. The number of methoxy groups -OCH3 is 1. The van der Waals surface area contributed by atoms with Crippen molar-refractivity contribution in [3.8, 4) is 5.75 Å². The molecule has 0 saturated carbocycles. The van der Waals surface area contributed by atoms with Crippen LogP contribution < -0.4 is 20.3 Å². The molecule has 2 aromatic rings. The van der Waals surface area contributed by atoms with E-state index in [0.29, 0.717) is 16.5 Å². The number of amides is 2. The van der Waals surface area contributed by atoms with Crippen molar-refractivity contribution in [1.29, 1.82) is 0 Å². The highest BCUT2D eigenvalue weighted by Gasteiger charge is 2.13. The summed E-state index contributed by atoms with van der Waals surface area (Å²) in [4.78, 5) is 14.6. The molecule has 6 heteroatoms. The number of carbonyl (C=O) groups excluding carboxylic acids is 1. The minimum absolute atomic E-state index is 0.325. The summed E-state index contributed by atoms with van der Waals surface area (Å²) in [6.07, 6.45) is 2.48. The van der Waals surface area contributed by atoms with E-state index in [1.54, 1.807) is 19.2 Å². The number of anilines is 3. The summed E-state index contributed by atoms with van der Waals surface area (Å²) in [6.45, 7) is 4.08. The van der Waals surface area contributed by atoms with E-state index in [1.807, 2.05) is 31.2 Å². The molecular formula is C19H22ClN3O2. The highest BCUT2D eigenvalue weighted by atomic mass is 35.5. The molecule has 2 aromatic carbocycles. The van der Waals surface area contributed by atoms with Crippen molar-refractivity contribution in [3.63, 3.8) is 0 Å². The van der Waals surface area contributed by atoms with Crippen LogP contribution in [-0.4, -0.2) is 26.2 Å². The third-order valence-corrected chi connectivity index (χ3v) is 4.73. The predicted molar refractivity (Wildman–Crippen MR) is 103 cm³/mol. The molecule has 25 heavy (non-hydrogen) atoms. The topological polar surface area (TPSA) is 53.6 Å². The van der Waals surface area contributed by atoms with Crippen LogP contribution in [0.25, 0.3) is 0 Å². The number of nitrogens with one attached hydrogen (secondary N) is 2. The molecule has 1 aliphatic rings. The quantitative estimate of drug-likeness (QED) is 0.816. The second-order valence-electron chi connectivity index (χ2n) is 6.12. The van der Waals surface area contributed by atoms with Crippen LogP contribution in [0.1, 0.15) is 18.4 Å². The average molecular weight is 360 g/mol. The lowest BCUT2D eigenvalue weighted by Gasteiger charge is -2.18. The number of hydrogen-bond acceptors (Lipinski definition) is 3. The van der Waals surface area contributed by atoms with Gasteiger partial charge in [-0.1, -0.05) is 11.6 Å². The molecule has 132 valence electrons. The highest BCUT2D eigenvalue weighted by molar-refractivity contribution is 6.31. The van der Waals surface area contributed by atoms with Gasteiger partial charge in [0.2, 0.25) is 0 Å². The van der Waals surface area contributed by atoms with Crippen molar-refractivity contribution < 1.29 is 9.53 Å². The Bertz CT molecular complexity index is 756. The fourth-order valence-electron chi connectivity index (χ4n) is 2.95. The van der Waals surface area contributed by atoms with E-state index < -0.39 is 0 Å². The largest absolute Gasteiger partial charge is 0.495 e. The van der Waals surface area contributed by atoms with E-state index in [1.165, 1.54) is 18.5 Å². The van der Waals surface area contributed by atoms with Crippen LogP contribution in [0.5, 0.6) is 5.75 Å². The van der Waals surface area contributed by atoms with Crippen LogP contribution in [0.3, 0.4) is 0 Å². The SMILES string of the molecule is COc1cc(Cl)c(C)cc1NC(=O)Nc1ccc(N2CCCC2)cc1. The number of benzene rings is 2. The molecule has 2 N–H and O–H groups in total. The lowest BCUT2D eigenvalue weighted by atomic mass is 10.2. The second-order valence-corrected chi connectivity index (χ2v) is 6.53. The minimum Gasteiger partial charge on any atom is -0.495 e. The van der Waals surface area contributed by atoms with E-state index in [2.05, 4.69) is 15.5 Å². The zero-order chi connectivity index (χ0) is 17.8. The Morgan fingerprint density at radius 1 is 1.12 bits per heavy atom. The van der Waals surface area contributed by atoms with Gasteiger partial charge in [0.05, 0.1) is 12.8 Å². The first-order valence-electron chi connectivity index (χ1n) is 8.34. The van der Waals surface area contributed by atoms with Crippen LogP contribution >= 0.6 is 11.6 Å². The van der Waals surface area contributed by atoms with Crippen molar-refractivity contribution in [2.45, 2.75) is 19.8 Å². The summed E-state index contributed by atoms with van der Waals surface area (Å²) >= 11 is 6.09. The number of rotatable bonds is 4. The van der Waals surface area contributed by atoms with Crippen molar-refractivity contribution in [2.75, 3.05) is 35.7 Å². The lowest BCUT2D eigenvalue weighted by molar-refractivity contribution is 0.262. The number of halogens is 1. The number of urea groups is 1. The van der Waals surface area contributed by atoms with Gasteiger partial charge in [0.25, 0.3) is 0 Å². The normalized spacial score (nSPS) is 13.6. The molecule has 1 fully saturated rings. The Labute approximate surface area is 152 Å². The summed E-state index contributed by atoms with van der Waals surface area (Å²) in [6, 6.07) is 11.1. The molecule has 0 bridgehead atoms. The van der Waals surface area contributed by atoms with E-state index in [9.17, 15) is 4.79 Å². The molecule has 5 nitrogen and oxygen atoms in total. The predicted octanol–water partition coefficient (Wildman–Crippen LogP) is 4.90. The van der Waals surface area contributed by atoms with Gasteiger partial charge < -0.3 is 20.3 Å². The Balaban J connectivity index is 1.65. The molecule has 3 rings (SSSR count). The smallest absolute Gasteiger partial charge is 0.323 e. The van der Waals surface area contributed by atoms with Gasteiger partial charge in [-0.05, 0) is 55.7 Å². The van der Waals surface area contributed by atoms with Crippen LogP contribution in [0.2, 0.25) is 5.02 Å². The number of hydrogen-bond donors (Lipinski definition) is 2. The van der Waals surface area contributed by atoms with E-state index in [4.69, 9.17) is 16.3 Å². The van der Waals surface area contributed by atoms with Gasteiger partial charge in [-0.2, -0.15) is 0 Å².